The van der Waals surface area contributed by atoms with Crippen LogP contribution in [0.1, 0.15) is 47.2 Å². The van der Waals surface area contributed by atoms with Crippen molar-refractivity contribution in [2.75, 3.05) is 26.1 Å². The quantitative estimate of drug-likeness (QED) is 0.0918. The third-order valence-electron chi connectivity index (χ3n) is 6.44. The molecule has 2 unspecified atom stereocenters. The van der Waals surface area contributed by atoms with Gasteiger partial charge < -0.3 is 34.8 Å². The van der Waals surface area contributed by atoms with Crippen LogP contribution in [0, 0.1) is 5.41 Å². The average molecular weight is 664 g/mol. The molecule has 3 N–H and O–H groups in total. The van der Waals surface area contributed by atoms with Gasteiger partial charge in [-0.2, -0.15) is 8.42 Å². The molecule has 3 heterocycles. The normalized spacial score (nSPS) is 22.4. The molecule has 2 aliphatic rings. The topological polar surface area (TPSA) is 241 Å². The summed E-state index contributed by atoms with van der Waals surface area (Å²) in [5.41, 5.74) is 2.05. The summed E-state index contributed by atoms with van der Waals surface area (Å²) in [7, 11) is -3.50. The summed E-state index contributed by atoms with van der Waals surface area (Å²) in [6.07, 6.45) is -2.38. The molecule has 2 amide bonds. The molecule has 2 aliphatic heterocycles. The molecular weight excluding hydrogens is 630 g/mol. The molecule has 244 valence electrons. The van der Waals surface area contributed by atoms with Gasteiger partial charge in [-0.3, -0.25) is 18.6 Å². The predicted molar refractivity (Wildman–Crippen MR) is 149 cm³/mol. The molecule has 2 fully saturated rings. The predicted octanol–water partition coefficient (Wildman–Crippen LogP) is -0.132. The van der Waals surface area contributed by atoms with E-state index in [-0.39, 0.29) is 17.4 Å². The van der Waals surface area contributed by atoms with Crippen molar-refractivity contribution in [1.82, 2.24) is 14.6 Å². The van der Waals surface area contributed by atoms with E-state index >= 15 is 0 Å². The SMILES string of the molecule is COC(=O)C(C)(C)COS(=O)(=O)N1C(=O)[C@@H](NC(=O)/C(=N/OC(C)(C)C(=O)OCC2OC(=O)OC2C)c2csc(N)n2)[C@@H]1C. The van der Waals surface area contributed by atoms with Crippen LogP contribution in [0.3, 0.4) is 0 Å². The van der Waals surface area contributed by atoms with Crippen LogP contribution < -0.4 is 11.1 Å². The lowest BCUT2D eigenvalue weighted by molar-refractivity contribution is -0.171. The van der Waals surface area contributed by atoms with E-state index in [0.29, 0.717) is 4.31 Å². The van der Waals surface area contributed by atoms with Crippen LogP contribution in [0.5, 0.6) is 0 Å². The lowest BCUT2D eigenvalue weighted by atomic mass is 9.95. The van der Waals surface area contributed by atoms with E-state index in [1.165, 1.54) is 40.0 Å². The molecule has 0 saturated carbocycles. The number of nitrogens with zero attached hydrogens (tertiary/aromatic N) is 3. The van der Waals surface area contributed by atoms with E-state index in [1.807, 2.05) is 0 Å². The van der Waals surface area contributed by atoms with Crippen LogP contribution in [0.25, 0.3) is 0 Å². The number of thiazole rings is 1. The van der Waals surface area contributed by atoms with E-state index in [2.05, 4.69) is 20.2 Å². The van der Waals surface area contributed by atoms with Crippen LogP contribution in [0.4, 0.5) is 9.93 Å². The fourth-order valence-corrected chi connectivity index (χ4v) is 5.66. The minimum Gasteiger partial charge on any atom is -0.469 e. The second-order valence-electron chi connectivity index (χ2n) is 10.9. The molecule has 44 heavy (non-hydrogen) atoms. The van der Waals surface area contributed by atoms with Crippen molar-refractivity contribution in [2.45, 2.75) is 71.4 Å². The van der Waals surface area contributed by atoms with Crippen LogP contribution in [-0.4, -0.2) is 104 Å². The maximum atomic E-state index is 13.2. The molecule has 0 bridgehead atoms. The molecule has 0 spiro atoms. The Morgan fingerprint density at radius 2 is 1.82 bits per heavy atom. The van der Waals surface area contributed by atoms with Gasteiger partial charge in [0.25, 0.3) is 11.8 Å². The number of carbonyl (C=O) groups excluding carboxylic acids is 5. The summed E-state index contributed by atoms with van der Waals surface area (Å²) < 4.78 is 50.3. The first-order valence-corrected chi connectivity index (χ1v) is 15.2. The van der Waals surface area contributed by atoms with Crippen molar-refractivity contribution < 1.29 is 60.4 Å². The molecule has 4 atom stereocenters. The van der Waals surface area contributed by atoms with E-state index in [9.17, 15) is 32.4 Å². The fraction of sp³-hybridized carbons (Fsp3) is 0.625. The lowest BCUT2D eigenvalue weighted by Gasteiger charge is -2.43. The smallest absolute Gasteiger partial charge is 0.469 e. The first-order chi connectivity index (χ1) is 20.3. The Hall–Kier alpha value is -4.04. The number of nitrogen functional groups attached to an aromatic ring is 1. The number of carbonyl (C=O) groups is 5. The second-order valence-corrected chi connectivity index (χ2v) is 13.2. The van der Waals surface area contributed by atoms with Crippen LogP contribution in [0.15, 0.2) is 10.5 Å². The van der Waals surface area contributed by atoms with Crippen molar-refractivity contribution >= 4 is 62.4 Å². The number of nitrogens with one attached hydrogen (secondary N) is 1. The highest BCUT2D eigenvalue weighted by atomic mass is 32.2. The number of ether oxygens (including phenoxy) is 4. The molecule has 0 aromatic carbocycles. The van der Waals surface area contributed by atoms with Crippen LogP contribution in [0.2, 0.25) is 0 Å². The number of anilines is 1. The summed E-state index contributed by atoms with van der Waals surface area (Å²) in [6, 6.07) is -2.42. The Labute approximate surface area is 256 Å². The molecule has 0 aliphatic carbocycles. The van der Waals surface area contributed by atoms with Crippen molar-refractivity contribution in [3.05, 3.63) is 11.1 Å². The highest BCUT2D eigenvalue weighted by Gasteiger charge is 2.53. The highest BCUT2D eigenvalue weighted by Crippen LogP contribution is 2.27. The molecule has 1 aromatic rings. The molecule has 20 heteroatoms. The van der Waals surface area contributed by atoms with Gasteiger partial charge in [0.2, 0.25) is 5.60 Å². The number of β-lactam (4-membered cyclic amide) rings is 1. The third kappa shape index (κ3) is 7.53. The zero-order chi connectivity index (χ0) is 33.2. The number of aromatic nitrogens is 1. The minimum atomic E-state index is -4.64. The Morgan fingerprint density at radius 3 is 2.34 bits per heavy atom. The lowest BCUT2D eigenvalue weighted by Crippen LogP contribution is -2.71. The zero-order valence-corrected chi connectivity index (χ0v) is 26.5. The molecule has 2 saturated heterocycles. The summed E-state index contributed by atoms with van der Waals surface area (Å²) in [4.78, 5) is 71.2. The van der Waals surface area contributed by atoms with E-state index < -0.39 is 87.8 Å². The number of rotatable bonds is 13. The van der Waals surface area contributed by atoms with E-state index in [0.717, 1.165) is 18.4 Å². The summed E-state index contributed by atoms with van der Waals surface area (Å²) in [5, 5.41) is 7.60. The summed E-state index contributed by atoms with van der Waals surface area (Å²) in [5.74, 6) is -3.67. The van der Waals surface area contributed by atoms with Gasteiger partial charge in [0, 0.05) is 5.38 Å². The Balaban J connectivity index is 1.69. The standard InChI is InChI=1S/C24H33N5O13S2/c1-11-15(18(31)29(11)44(35,36)39-10-23(3,4)19(32)37-7)27-17(30)16(13-9-43-21(25)26-13)28-42-24(5,6)20(33)38-8-14-12(2)40-22(34)41-14/h9,11-12,14-15H,8,10H2,1-7H3,(H2,25,26)(H,27,30)/b28-16+/t11-,12?,14?,15-/m0/s1. The Bertz CT molecular complexity index is 1460. The van der Waals surface area contributed by atoms with Crippen molar-refractivity contribution in [2.24, 2.45) is 10.6 Å². The molecule has 1 aromatic heterocycles. The zero-order valence-electron chi connectivity index (χ0n) is 24.8. The van der Waals surface area contributed by atoms with Crippen molar-refractivity contribution in [1.29, 1.82) is 0 Å². The minimum absolute atomic E-state index is 0.0599. The molecular formula is C24H33N5O13S2. The van der Waals surface area contributed by atoms with Crippen molar-refractivity contribution in [3.8, 4) is 0 Å². The Kier molecular flexibility index (Phi) is 10.1. The molecule has 3 rings (SSSR count). The van der Waals surface area contributed by atoms with Gasteiger partial charge in [-0.25, -0.2) is 18.9 Å². The van der Waals surface area contributed by atoms with Gasteiger partial charge in [-0.15, -0.1) is 11.3 Å². The average Bonchev–Trinajstić information content (AvgIpc) is 3.51. The third-order valence-corrected chi connectivity index (χ3v) is 8.52. The van der Waals surface area contributed by atoms with Gasteiger partial charge >= 0.3 is 28.4 Å². The number of hydrogen-bond acceptors (Lipinski definition) is 17. The first-order valence-electron chi connectivity index (χ1n) is 12.9. The second kappa shape index (κ2) is 12.9. The van der Waals surface area contributed by atoms with Crippen LogP contribution >= 0.6 is 11.3 Å². The largest absolute Gasteiger partial charge is 0.509 e. The highest BCUT2D eigenvalue weighted by molar-refractivity contribution is 7.85. The van der Waals surface area contributed by atoms with Gasteiger partial charge in [0.15, 0.2) is 16.9 Å². The maximum absolute atomic E-state index is 13.2. The first kappa shape index (κ1) is 34.5. The number of esters is 2. The fourth-order valence-electron chi connectivity index (χ4n) is 3.69. The molecule has 18 nitrogen and oxygen atoms in total. The maximum Gasteiger partial charge on any atom is 0.509 e. The number of oxime groups is 1. The van der Waals surface area contributed by atoms with Gasteiger partial charge in [0.1, 0.15) is 24.4 Å². The van der Waals surface area contributed by atoms with Gasteiger partial charge in [-0.1, -0.05) is 5.16 Å². The number of nitrogens with two attached hydrogens (primary N) is 1. The Morgan fingerprint density at radius 1 is 1.16 bits per heavy atom. The number of amides is 2. The van der Waals surface area contributed by atoms with Gasteiger partial charge in [0.05, 0.1) is 25.2 Å². The molecule has 0 radical (unpaired) electrons. The van der Waals surface area contributed by atoms with Crippen LogP contribution in [-0.2, 0) is 57.5 Å². The number of hydrogen-bond donors (Lipinski definition) is 2. The van der Waals surface area contributed by atoms with E-state index in [4.69, 9.17) is 29.0 Å². The van der Waals surface area contributed by atoms with Gasteiger partial charge in [-0.05, 0) is 41.5 Å². The monoisotopic (exact) mass is 663 g/mol. The summed E-state index contributed by atoms with van der Waals surface area (Å²) >= 11 is 0.968. The summed E-state index contributed by atoms with van der Waals surface area (Å²) in [6.45, 7) is 7.36. The van der Waals surface area contributed by atoms with E-state index in [1.54, 1.807) is 6.92 Å². The number of methoxy groups -OCH3 is 1. The number of cyclic esters (lactones) is 2. The van der Waals surface area contributed by atoms with Crippen molar-refractivity contribution in [3.63, 3.8) is 0 Å².